The Morgan fingerprint density at radius 2 is 1.14 bits per heavy atom. The summed E-state index contributed by atoms with van der Waals surface area (Å²) >= 11 is -4.10. The fraction of sp³-hybridized carbons (Fsp3) is 0.750. The van der Waals surface area contributed by atoms with Gasteiger partial charge in [0.05, 0.1) is 0 Å². The Bertz CT molecular complexity index is 505. The molecule has 0 saturated carbocycles. The molecule has 172 valence electrons. The molecular weight excluding hydrogens is 448 g/mol. The average Bonchev–Trinajstić information content (AvgIpc) is 2.59. The summed E-state index contributed by atoms with van der Waals surface area (Å²) in [4.78, 5) is 26.7. The molecule has 2 unspecified atom stereocenters. The summed E-state index contributed by atoms with van der Waals surface area (Å²) in [6.45, 7) is 2.26. The van der Waals surface area contributed by atoms with Gasteiger partial charge in [0.1, 0.15) is 13.2 Å². The molecule has 0 aliphatic carbocycles. The molecule has 0 saturated heterocycles. The van der Waals surface area contributed by atoms with Crippen LogP contribution < -0.4 is 0 Å². The topological polar surface area (TPSA) is 139 Å². The van der Waals surface area contributed by atoms with Gasteiger partial charge in [-0.25, -0.2) is 9.59 Å². The zero-order valence-electron chi connectivity index (χ0n) is 16.6. The van der Waals surface area contributed by atoms with E-state index in [1.165, 1.54) is 0 Å². The van der Waals surface area contributed by atoms with Gasteiger partial charge in [-0.05, 0) is 40.0 Å². The average molecular weight is 477 g/mol. The third-order valence-corrected chi connectivity index (χ3v) is 4.74. The third-order valence-electron chi connectivity index (χ3n) is 3.49. The van der Waals surface area contributed by atoms with Gasteiger partial charge in [-0.1, -0.05) is 22.2 Å². The van der Waals surface area contributed by atoms with Gasteiger partial charge in [0.25, 0.3) is 0 Å². The van der Waals surface area contributed by atoms with Crippen LogP contribution in [0.15, 0.2) is 12.2 Å². The van der Waals surface area contributed by atoms with Crippen molar-refractivity contribution in [1.29, 1.82) is 0 Å². The molecule has 13 heteroatoms. The van der Waals surface area contributed by atoms with Crippen molar-refractivity contribution in [3.8, 4) is 0 Å². The van der Waals surface area contributed by atoms with Crippen molar-refractivity contribution in [2.75, 3.05) is 65.0 Å². The molecule has 0 rings (SSSR count). The second-order valence-electron chi connectivity index (χ2n) is 6.00. The van der Waals surface area contributed by atoms with Gasteiger partial charge >= 0.3 is 11.9 Å². The monoisotopic (exact) mass is 476 g/mol. The summed E-state index contributed by atoms with van der Waals surface area (Å²) in [6.07, 6.45) is 2.96. The van der Waals surface area contributed by atoms with E-state index in [4.69, 9.17) is 9.47 Å². The van der Waals surface area contributed by atoms with Gasteiger partial charge < -0.3 is 28.4 Å². The van der Waals surface area contributed by atoms with Gasteiger partial charge in [0.15, 0.2) is 0 Å². The van der Waals surface area contributed by atoms with Gasteiger partial charge in [-0.3, -0.25) is 8.42 Å². The molecule has 10 nitrogen and oxygen atoms in total. The predicted molar refractivity (Wildman–Crippen MR) is 110 cm³/mol. The Labute approximate surface area is 183 Å². The fourth-order valence-corrected chi connectivity index (χ4v) is 2.69. The molecule has 2 atom stereocenters. The first kappa shape index (κ1) is 30.3. The smallest absolute Gasteiger partial charge is 0.331 e. The molecule has 0 N–H and O–H groups in total. The van der Waals surface area contributed by atoms with E-state index in [-0.39, 0.29) is 37.1 Å². The van der Waals surface area contributed by atoms with Crippen molar-refractivity contribution < 1.29 is 36.6 Å². The van der Waals surface area contributed by atoms with Crippen molar-refractivity contribution in [2.24, 2.45) is 0 Å². The van der Waals surface area contributed by atoms with Crippen LogP contribution in [0.25, 0.3) is 0 Å². The lowest BCUT2D eigenvalue weighted by Gasteiger charge is -2.16. The molecule has 0 heterocycles. The van der Waals surface area contributed by atoms with Crippen LogP contribution in [-0.2, 0) is 41.2 Å². The highest BCUT2D eigenvalue weighted by Gasteiger charge is 2.04. The molecule has 0 fully saturated rings. The van der Waals surface area contributed by atoms with Crippen molar-refractivity contribution in [1.82, 2.24) is 9.80 Å². The zero-order valence-corrected chi connectivity index (χ0v) is 19.1. The van der Waals surface area contributed by atoms with Crippen LogP contribution >= 0.6 is 12.4 Å². The number of likely N-dealkylation sites (N-methyl/N-ethyl adjacent to an activating group) is 2. The van der Waals surface area contributed by atoms with Gasteiger partial charge in [0, 0.05) is 36.7 Å². The van der Waals surface area contributed by atoms with Crippen LogP contribution in [0.3, 0.4) is 0 Å². The van der Waals surface area contributed by atoms with Gasteiger partial charge in [-0.15, -0.1) is 12.4 Å². The number of nitrogens with zero attached hydrogens (tertiary/aromatic N) is 2. The first-order chi connectivity index (χ1) is 13.2. The van der Waals surface area contributed by atoms with E-state index in [1.807, 2.05) is 9.80 Å². The number of hydrogen-bond donors (Lipinski definition) is 0. The van der Waals surface area contributed by atoms with E-state index in [0.717, 1.165) is 12.2 Å². The first-order valence-electron chi connectivity index (χ1n) is 8.71. The number of rotatable bonds is 16. The number of esters is 2. The van der Waals surface area contributed by atoms with E-state index in [1.54, 1.807) is 14.1 Å². The first-order valence-corrected chi connectivity index (χ1v) is 11.2. The minimum Gasteiger partial charge on any atom is -0.772 e. The molecule has 0 amide bonds. The Morgan fingerprint density at radius 1 is 0.793 bits per heavy atom. The van der Waals surface area contributed by atoms with E-state index < -0.39 is 34.1 Å². The SMILES string of the molecule is CN(CCCS(=O)[O-])CCOC(=O)/C=C/C(=O)OCCN(C)CCCS(=O)[O-].Cl. The Morgan fingerprint density at radius 3 is 1.45 bits per heavy atom. The molecular formula is C16H29ClN2O8S2-2. The Balaban J connectivity index is 0. The second-order valence-corrected chi connectivity index (χ2v) is 8.03. The van der Waals surface area contributed by atoms with Crippen molar-refractivity contribution >= 4 is 46.5 Å². The molecule has 0 aromatic carbocycles. The summed E-state index contributed by atoms with van der Waals surface area (Å²) in [6, 6.07) is 0. The molecule has 0 radical (unpaired) electrons. The quantitative estimate of drug-likeness (QED) is 0.162. The fourth-order valence-electron chi connectivity index (χ4n) is 1.96. The van der Waals surface area contributed by atoms with E-state index in [9.17, 15) is 27.1 Å². The summed E-state index contributed by atoms with van der Waals surface area (Å²) in [5, 5.41) is 0. The number of ether oxygens (including phenoxy) is 2. The molecule has 29 heavy (non-hydrogen) atoms. The number of halogens is 1. The lowest BCUT2D eigenvalue weighted by atomic mass is 10.4. The summed E-state index contributed by atoms with van der Waals surface area (Å²) in [5.74, 6) is -1.17. The van der Waals surface area contributed by atoms with Crippen molar-refractivity contribution in [3.05, 3.63) is 12.2 Å². The minimum atomic E-state index is -2.05. The highest BCUT2D eigenvalue weighted by molar-refractivity contribution is 7.79. The lowest BCUT2D eigenvalue weighted by molar-refractivity contribution is -0.140. The normalized spacial score (nSPS) is 13.3. The summed E-state index contributed by atoms with van der Waals surface area (Å²) < 4.78 is 51.6. The van der Waals surface area contributed by atoms with Crippen LogP contribution in [0.4, 0.5) is 0 Å². The molecule has 0 spiro atoms. The maximum absolute atomic E-state index is 11.5. The number of carbonyl (C=O) groups is 2. The number of hydrogen-bond acceptors (Lipinski definition) is 10. The maximum Gasteiger partial charge on any atom is 0.331 e. The Hall–Kier alpha value is -0.890. The van der Waals surface area contributed by atoms with Crippen LogP contribution in [-0.4, -0.2) is 104 Å². The number of carbonyl (C=O) groups excluding carboxylic acids is 2. The maximum atomic E-state index is 11.5. The summed E-state index contributed by atoms with van der Waals surface area (Å²) in [7, 11) is 3.57. The molecule has 0 aliphatic heterocycles. The highest BCUT2D eigenvalue weighted by atomic mass is 35.5. The zero-order chi connectivity index (χ0) is 21.4. The van der Waals surface area contributed by atoms with Crippen LogP contribution in [0.1, 0.15) is 12.8 Å². The molecule has 0 aromatic rings. The minimum absolute atomic E-state index is 0. The Kier molecular flexibility index (Phi) is 20.0. The van der Waals surface area contributed by atoms with E-state index >= 15 is 0 Å². The van der Waals surface area contributed by atoms with E-state index in [2.05, 4.69) is 0 Å². The van der Waals surface area contributed by atoms with Crippen LogP contribution in [0.2, 0.25) is 0 Å². The lowest BCUT2D eigenvalue weighted by Crippen LogP contribution is -2.26. The van der Waals surface area contributed by atoms with Crippen LogP contribution in [0, 0.1) is 0 Å². The molecule has 0 aliphatic rings. The predicted octanol–water partition coefficient (Wildman–Crippen LogP) is -0.547. The highest BCUT2D eigenvalue weighted by Crippen LogP contribution is 1.93. The molecule has 0 bridgehead atoms. The van der Waals surface area contributed by atoms with Crippen molar-refractivity contribution in [3.63, 3.8) is 0 Å². The van der Waals surface area contributed by atoms with Crippen LogP contribution in [0.5, 0.6) is 0 Å². The van der Waals surface area contributed by atoms with Gasteiger partial charge in [-0.2, -0.15) is 0 Å². The second kappa shape index (κ2) is 19.1. The largest absolute Gasteiger partial charge is 0.772 e. The van der Waals surface area contributed by atoms with Gasteiger partial charge in [0.2, 0.25) is 0 Å². The van der Waals surface area contributed by atoms with Crippen molar-refractivity contribution in [2.45, 2.75) is 12.8 Å². The standard InChI is InChI=1S/C16H30N2O8S2.ClH/c1-17(7-3-13-27(21)22)9-11-25-15(19)5-6-16(20)26-12-10-18(2)8-4-14-28(23)24;/h5-6H,3-4,7-14H2,1-2H3,(H,21,22)(H,23,24);1H/p-2/b6-5+;. The molecule has 0 aromatic heterocycles. The van der Waals surface area contributed by atoms with E-state index in [0.29, 0.717) is 39.0 Å². The summed E-state index contributed by atoms with van der Waals surface area (Å²) in [5.41, 5.74) is 0. The third kappa shape index (κ3) is 21.6.